The van der Waals surface area contributed by atoms with E-state index in [1.54, 1.807) is 0 Å². The first kappa shape index (κ1) is 29.5. The summed E-state index contributed by atoms with van der Waals surface area (Å²) in [6.45, 7) is 11.3. The molecule has 9 heteroatoms. The Kier molecular flexibility index (Phi) is 16.9. The van der Waals surface area contributed by atoms with Crippen LogP contribution >= 0.6 is 0 Å². The zero-order chi connectivity index (χ0) is 20.1. The molecule has 2 nitrogen and oxygen atoms in total. The average molecular weight is 392 g/mol. The number of halogens is 6. The molecule has 0 atom stereocenters. The van der Waals surface area contributed by atoms with Gasteiger partial charge in [-0.3, -0.25) is 0 Å². The van der Waals surface area contributed by atoms with Crippen LogP contribution in [0.2, 0.25) is 0 Å². The van der Waals surface area contributed by atoms with Gasteiger partial charge in [0.15, 0.2) is 0 Å². The van der Waals surface area contributed by atoms with Crippen LogP contribution in [-0.2, 0) is 21.8 Å². The molecule has 0 saturated carbocycles. The van der Waals surface area contributed by atoms with Gasteiger partial charge in [0, 0.05) is 26.4 Å². The van der Waals surface area contributed by atoms with E-state index < -0.39 is 31.3 Å². The summed E-state index contributed by atoms with van der Waals surface area (Å²) in [5.74, 6) is 0. The monoisotopic (exact) mass is 392 g/mol. The van der Waals surface area contributed by atoms with E-state index in [9.17, 15) is 26.3 Å². The Hall–Kier alpha value is -1.22. The maximum absolute atomic E-state index is 12.2. The summed E-state index contributed by atoms with van der Waals surface area (Å²) >= 11 is 0. The Balaban J connectivity index is -0.000000186. The van der Waals surface area contributed by atoms with Gasteiger partial charge in [0.1, 0.15) is 0 Å². The minimum absolute atomic E-state index is 0. The summed E-state index contributed by atoms with van der Waals surface area (Å²) in [6.07, 6.45) is -9.44. The van der Waals surface area contributed by atoms with E-state index in [0.717, 1.165) is 38.6 Å². The predicted octanol–water partition coefficient (Wildman–Crippen LogP) is 4.55. The number of benzene rings is 1. The molecule has 0 amide bonds. The Bertz CT molecular complexity index is 425. The summed E-state index contributed by atoms with van der Waals surface area (Å²) < 4.78 is 82.8. The van der Waals surface area contributed by atoms with E-state index in [-0.39, 0.29) is 20.4 Å². The van der Waals surface area contributed by atoms with Gasteiger partial charge in [0.2, 0.25) is 0 Å². The highest BCUT2D eigenvalue weighted by Gasteiger charge is 2.35. The Morgan fingerprint density at radius 2 is 1.00 bits per heavy atom. The number of hydrogen-bond donors (Lipinski definition) is 0. The van der Waals surface area contributed by atoms with Crippen molar-refractivity contribution in [3.05, 3.63) is 29.3 Å². The van der Waals surface area contributed by atoms with Crippen molar-refractivity contribution in [1.29, 1.82) is 0 Å². The lowest BCUT2D eigenvalue weighted by molar-refractivity contribution is -0.142. The fourth-order valence-electron chi connectivity index (χ4n) is 1.21. The summed E-state index contributed by atoms with van der Waals surface area (Å²) in [5, 5.41) is 0. The van der Waals surface area contributed by atoms with Gasteiger partial charge in [-0.15, -0.1) is 0 Å². The van der Waals surface area contributed by atoms with Crippen molar-refractivity contribution in [3.8, 4) is 0 Å². The van der Waals surface area contributed by atoms with Crippen LogP contribution in [0.15, 0.2) is 18.2 Å². The third-order valence-corrected chi connectivity index (χ3v) is 2.26. The second-order valence-electron chi connectivity index (χ2n) is 4.07. The molecule has 0 unspecified atom stereocenters. The van der Waals surface area contributed by atoms with Gasteiger partial charge in [-0.1, -0.05) is 19.6 Å². The van der Waals surface area contributed by atoms with Crippen LogP contribution in [0.4, 0.5) is 26.3 Å². The Labute approximate surface area is 154 Å². The van der Waals surface area contributed by atoms with Gasteiger partial charge in [-0.05, 0) is 41.6 Å². The third kappa shape index (κ3) is 15.1. The number of rotatable bonds is 4. The lowest BCUT2D eigenvalue weighted by atomic mass is 9.91. The van der Waals surface area contributed by atoms with E-state index in [0.29, 0.717) is 0 Å². The SMILES string of the molecule is C.CCOCC.CCOCC.[BH3-]c1cc(C(F)(F)F)cc(C(F)(F)F)c1.[H+]. The van der Waals surface area contributed by atoms with Crippen molar-refractivity contribution in [3.63, 3.8) is 0 Å². The quantitative estimate of drug-likeness (QED) is 0.553. The highest BCUT2D eigenvalue weighted by Crippen LogP contribution is 2.34. The third-order valence-electron chi connectivity index (χ3n) is 2.26. The highest BCUT2D eigenvalue weighted by molar-refractivity contribution is 6.32. The standard InChI is InChI=1S/C8H6BF6.2C4H10O.CH4/c9-6-2-4(7(10,11)12)1-5(3-6)8(13,14)15;2*1-3-5-4-2;/h1-3H,9H3;2*3-4H2,1-2H3;1H4/q-1;;;/p+1. The molecule has 0 spiro atoms. The first-order valence-electron chi connectivity index (χ1n) is 7.35. The lowest BCUT2D eigenvalue weighted by Crippen LogP contribution is -2.16. The Morgan fingerprint density at radius 3 is 1.15 bits per heavy atom. The molecule has 1 aromatic rings. The smallest absolute Gasteiger partial charge is 0.382 e. The summed E-state index contributed by atoms with van der Waals surface area (Å²) in [7, 11) is -0.699. The molecule has 0 saturated heterocycles. The van der Waals surface area contributed by atoms with E-state index in [1.165, 1.54) is 0 Å². The van der Waals surface area contributed by atoms with Crippen molar-refractivity contribution in [2.24, 2.45) is 0 Å². The minimum Gasteiger partial charge on any atom is -0.382 e. The first-order chi connectivity index (χ1) is 11.4. The van der Waals surface area contributed by atoms with Crippen LogP contribution in [0.5, 0.6) is 0 Å². The van der Waals surface area contributed by atoms with Crippen molar-refractivity contribution in [2.75, 3.05) is 26.4 Å². The second-order valence-corrected chi connectivity index (χ2v) is 4.07. The predicted molar refractivity (Wildman–Crippen MR) is 98.2 cm³/mol. The fourth-order valence-corrected chi connectivity index (χ4v) is 1.21. The molecule has 0 bridgehead atoms. The average Bonchev–Trinajstić information content (AvgIpc) is 2.48. The minimum atomic E-state index is -4.72. The summed E-state index contributed by atoms with van der Waals surface area (Å²) in [6, 6.07) is 1.72. The first-order valence-corrected chi connectivity index (χ1v) is 7.35. The largest absolute Gasteiger partial charge is 1.00 e. The maximum atomic E-state index is 12.2. The van der Waals surface area contributed by atoms with Gasteiger partial charge in [-0.25, -0.2) is 5.46 Å². The van der Waals surface area contributed by atoms with Gasteiger partial charge in [0.05, 0.1) is 11.1 Å². The number of hydrogen-bond acceptors (Lipinski definition) is 2. The molecule has 0 fully saturated rings. The van der Waals surface area contributed by atoms with Crippen molar-refractivity contribution in [1.82, 2.24) is 0 Å². The topological polar surface area (TPSA) is 18.5 Å². The molecular formula is C17H31BF6O2. The molecule has 0 aromatic heterocycles. The summed E-state index contributed by atoms with van der Waals surface area (Å²) in [5.41, 5.74) is -2.26. The molecule has 1 rings (SSSR count). The van der Waals surface area contributed by atoms with Crippen molar-refractivity contribution >= 4 is 13.3 Å². The lowest BCUT2D eigenvalue weighted by Gasteiger charge is -2.14. The van der Waals surface area contributed by atoms with Crippen molar-refractivity contribution in [2.45, 2.75) is 47.5 Å². The molecule has 0 N–H and O–H groups in total. The van der Waals surface area contributed by atoms with Gasteiger partial charge < -0.3 is 9.47 Å². The molecule has 26 heavy (non-hydrogen) atoms. The molecule has 0 aliphatic carbocycles. The normalized spacial score (nSPS) is 10.7. The molecule has 0 aliphatic heterocycles. The zero-order valence-electron chi connectivity index (χ0n) is 15.1. The van der Waals surface area contributed by atoms with E-state index in [4.69, 9.17) is 9.47 Å². The number of alkyl halides is 6. The van der Waals surface area contributed by atoms with Crippen LogP contribution in [0, 0.1) is 0 Å². The van der Waals surface area contributed by atoms with Gasteiger partial charge in [-0.2, -0.15) is 26.3 Å². The van der Waals surface area contributed by atoms with Crippen LogP contribution < -0.4 is 5.46 Å². The fraction of sp³-hybridized carbons (Fsp3) is 0.647. The number of ether oxygens (including phenoxy) is 2. The maximum Gasteiger partial charge on any atom is 1.00 e. The summed E-state index contributed by atoms with van der Waals surface area (Å²) in [4.78, 5) is 0. The molecule has 1 aromatic carbocycles. The van der Waals surface area contributed by atoms with Gasteiger partial charge >= 0.3 is 13.8 Å². The van der Waals surface area contributed by atoms with Crippen LogP contribution in [0.3, 0.4) is 0 Å². The van der Waals surface area contributed by atoms with Crippen molar-refractivity contribution < 1.29 is 37.2 Å². The van der Waals surface area contributed by atoms with Crippen LogP contribution in [-0.4, -0.2) is 34.3 Å². The van der Waals surface area contributed by atoms with Gasteiger partial charge in [0.25, 0.3) is 0 Å². The van der Waals surface area contributed by atoms with Crippen LogP contribution in [0.1, 0.15) is 47.7 Å². The van der Waals surface area contributed by atoms with E-state index in [1.807, 2.05) is 27.7 Å². The molecule has 0 radical (unpaired) electrons. The van der Waals surface area contributed by atoms with Crippen LogP contribution in [0.25, 0.3) is 0 Å². The highest BCUT2D eigenvalue weighted by atomic mass is 19.4. The molecular weight excluding hydrogens is 361 g/mol. The molecule has 0 heterocycles. The molecule has 0 aliphatic rings. The van der Waals surface area contributed by atoms with E-state index in [2.05, 4.69) is 0 Å². The Morgan fingerprint density at radius 1 is 0.731 bits per heavy atom. The second kappa shape index (κ2) is 14.9. The molecule has 156 valence electrons. The van der Waals surface area contributed by atoms with E-state index >= 15 is 0 Å². The zero-order valence-corrected chi connectivity index (χ0v) is 14.1.